The van der Waals surface area contributed by atoms with E-state index in [0.717, 1.165) is 40.3 Å². The van der Waals surface area contributed by atoms with Gasteiger partial charge in [-0.2, -0.15) is 0 Å². The molecule has 3 aromatic rings. The average molecular weight is 452 g/mol. The Hall–Kier alpha value is -3.09. The highest BCUT2D eigenvalue weighted by Gasteiger charge is 2.19. The number of fused-ring (bicyclic) bond motifs is 1. The van der Waals surface area contributed by atoms with Crippen molar-refractivity contribution in [3.05, 3.63) is 54.1 Å². The number of benzene rings is 3. The minimum Gasteiger partial charge on any atom is -0.508 e. The number of phenolic OH excluding ortho intramolecular Hbond substituents is 2. The Labute approximate surface area is 195 Å². The van der Waals surface area contributed by atoms with Gasteiger partial charge in [-0.05, 0) is 66.1 Å². The van der Waals surface area contributed by atoms with Gasteiger partial charge in [-0.15, -0.1) is 0 Å². The molecule has 0 saturated carbocycles. The molecule has 0 aliphatic heterocycles. The maximum Gasteiger partial charge on any atom is 0.168 e. The summed E-state index contributed by atoms with van der Waals surface area (Å²) in [5, 5.41) is 25.1. The van der Waals surface area contributed by atoms with Crippen molar-refractivity contribution in [2.75, 3.05) is 20.9 Å². The van der Waals surface area contributed by atoms with E-state index in [0.29, 0.717) is 31.7 Å². The molecule has 0 bridgehead atoms. The van der Waals surface area contributed by atoms with E-state index in [-0.39, 0.29) is 23.4 Å². The number of aromatic hydroxyl groups is 2. The molecule has 0 fully saturated rings. The number of nitrogens with one attached hydrogen (secondary N) is 1. The topological polar surface area (TPSA) is 88.0 Å². The van der Waals surface area contributed by atoms with E-state index in [2.05, 4.69) is 12.2 Å². The molecular formula is C27H33NO5. The molecule has 0 amide bonds. The van der Waals surface area contributed by atoms with E-state index in [1.165, 1.54) is 7.11 Å². The van der Waals surface area contributed by atoms with Crippen LogP contribution in [-0.2, 0) is 16.0 Å². The van der Waals surface area contributed by atoms with Crippen LogP contribution in [0.15, 0.2) is 48.5 Å². The molecule has 3 aromatic carbocycles. The average Bonchev–Trinajstić information content (AvgIpc) is 2.81. The number of hydrogen-bond acceptors (Lipinski definition) is 6. The summed E-state index contributed by atoms with van der Waals surface area (Å²) in [5.41, 5.74) is 2.53. The van der Waals surface area contributed by atoms with Crippen molar-refractivity contribution in [1.82, 2.24) is 5.32 Å². The Morgan fingerprint density at radius 1 is 1.06 bits per heavy atom. The van der Waals surface area contributed by atoms with Crippen molar-refractivity contribution in [3.8, 4) is 28.4 Å². The van der Waals surface area contributed by atoms with E-state index >= 15 is 0 Å². The molecule has 3 rings (SSSR count). The Morgan fingerprint density at radius 3 is 2.58 bits per heavy atom. The van der Waals surface area contributed by atoms with Crippen LogP contribution in [0.4, 0.5) is 0 Å². The third kappa shape index (κ3) is 6.24. The normalized spacial score (nSPS) is 12.1. The van der Waals surface area contributed by atoms with Crippen molar-refractivity contribution < 1.29 is 24.5 Å². The molecule has 0 unspecified atom stereocenters. The van der Waals surface area contributed by atoms with Gasteiger partial charge in [-0.1, -0.05) is 37.6 Å². The van der Waals surface area contributed by atoms with Gasteiger partial charge in [0.25, 0.3) is 0 Å². The summed E-state index contributed by atoms with van der Waals surface area (Å²) >= 11 is 0. The van der Waals surface area contributed by atoms with Gasteiger partial charge in [0.15, 0.2) is 11.5 Å². The van der Waals surface area contributed by atoms with Crippen LogP contribution in [0.5, 0.6) is 17.2 Å². The smallest absolute Gasteiger partial charge is 0.168 e. The number of ether oxygens (including phenoxy) is 2. The third-order valence-electron chi connectivity index (χ3n) is 5.74. The second-order valence-corrected chi connectivity index (χ2v) is 8.22. The highest BCUT2D eigenvalue weighted by atomic mass is 16.5. The Morgan fingerprint density at radius 2 is 1.85 bits per heavy atom. The quantitative estimate of drug-likeness (QED) is 0.329. The number of aryl methyl sites for hydroxylation is 1. The lowest BCUT2D eigenvalue weighted by Gasteiger charge is -2.18. The molecule has 1 atom stereocenters. The van der Waals surface area contributed by atoms with E-state index in [1.807, 2.05) is 37.4 Å². The highest BCUT2D eigenvalue weighted by Crippen LogP contribution is 2.41. The zero-order valence-electron chi connectivity index (χ0n) is 19.6. The number of Topliss-reactive ketones (excluding diaryl/α,β-unsaturated/α-hetero) is 1. The monoisotopic (exact) mass is 451 g/mol. The second-order valence-electron chi connectivity index (χ2n) is 8.22. The number of hydrogen-bond donors (Lipinski definition) is 3. The minimum atomic E-state index is -0.0862. The fourth-order valence-corrected chi connectivity index (χ4v) is 4.13. The maximum absolute atomic E-state index is 12.7. The first-order valence-electron chi connectivity index (χ1n) is 11.4. The van der Waals surface area contributed by atoms with Crippen molar-refractivity contribution in [3.63, 3.8) is 0 Å². The Balaban J connectivity index is 1.87. The van der Waals surface area contributed by atoms with Gasteiger partial charge >= 0.3 is 0 Å². The number of methoxy groups -OCH3 is 1. The summed E-state index contributed by atoms with van der Waals surface area (Å²) < 4.78 is 11.3. The molecule has 0 heterocycles. The molecule has 33 heavy (non-hydrogen) atoms. The predicted octanol–water partition coefficient (Wildman–Crippen LogP) is 5.18. The van der Waals surface area contributed by atoms with E-state index in [9.17, 15) is 15.0 Å². The number of ketones is 1. The zero-order valence-corrected chi connectivity index (χ0v) is 19.6. The van der Waals surface area contributed by atoms with Gasteiger partial charge in [0.05, 0.1) is 19.9 Å². The summed E-state index contributed by atoms with van der Waals surface area (Å²) in [5.74, 6) is 0.754. The Kier molecular flexibility index (Phi) is 8.69. The van der Waals surface area contributed by atoms with Gasteiger partial charge in [-0.25, -0.2) is 0 Å². The summed E-state index contributed by atoms with van der Waals surface area (Å²) in [4.78, 5) is 12.7. The summed E-state index contributed by atoms with van der Waals surface area (Å²) in [6.07, 6.45) is 2.99. The first kappa shape index (κ1) is 24.6. The summed E-state index contributed by atoms with van der Waals surface area (Å²) in [6.45, 7) is 2.51. The fourth-order valence-electron chi connectivity index (χ4n) is 4.13. The molecular weight excluding hydrogens is 418 g/mol. The predicted molar refractivity (Wildman–Crippen MR) is 131 cm³/mol. The molecule has 0 spiro atoms. The number of phenols is 2. The molecule has 0 radical (unpaired) electrons. The van der Waals surface area contributed by atoms with Crippen LogP contribution in [0.25, 0.3) is 21.9 Å². The molecule has 0 aliphatic rings. The maximum atomic E-state index is 12.7. The molecule has 6 nitrogen and oxygen atoms in total. The van der Waals surface area contributed by atoms with Crippen LogP contribution in [0.2, 0.25) is 0 Å². The van der Waals surface area contributed by atoms with Crippen molar-refractivity contribution >= 4 is 16.6 Å². The Bertz CT molecular complexity index is 1100. The van der Waals surface area contributed by atoms with Gasteiger partial charge in [-0.3, -0.25) is 10.1 Å². The molecule has 0 aliphatic carbocycles. The zero-order chi connectivity index (χ0) is 23.8. The lowest BCUT2D eigenvalue weighted by Crippen LogP contribution is -2.23. The van der Waals surface area contributed by atoms with Crippen LogP contribution < -0.4 is 10.1 Å². The van der Waals surface area contributed by atoms with Crippen molar-refractivity contribution in [2.45, 2.75) is 45.1 Å². The third-order valence-corrected chi connectivity index (χ3v) is 5.74. The second kappa shape index (κ2) is 11.7. The van der Waals surface area contributed by atoms with Crippen LogP contribution in [0, 0.1) is 0 Å². The van der Waals surface area contributed by atoms with Crippen molar-refractivity contribution in [2.24, 2.45) is 0 Å². The first-order valence-corrected chi connectivity index (χ1v) is 11.4. The van der Waals surface area contributed by atoms with Crippen LogP contribution >= 0.6 is 0 Å². The number of carbonyl (C=O) groups excluding carboxylic acids is 1. The van der Waals surface area contributed by atoms with Crippen LogP contribution in [0.3, 0.4) is 0 Å². The number of rotatable bonds is 12. The largest absolute Gasteiger partial charge is 0.508 e. The summed E-state index contributed by atoms with van der Waals surface area (Å²) in [6, 6.07) is 14.6. The lowest BCUT2D eigenvalue weighted by atomic mass is 9.92. The number of carbonyl (C=O) groups is 1. The van der Waals surface area contributed by atoms with Gasteiger partial charge in [0, 0.05) is 18.4 Å². The van der Waals surface area contributed by atoms with Gasteiger partial charge in [0.2, 0.25) is 0 Å². The lowest BCUT2D eigenvalue weighted by molar-refractivity contribution is -0.122. The van der Waals surface area contributed by atoms with E-state index in [1.54, 1.807) is 18.2 Å². The van der Waals surface area contributed by atoms with Crippen LogP contribution in [0.1, 0.15) is 38.2 Å². The summed E-state index contributed by atoms with van der Waals surface area (Å²) in [7, 11) is 3.34. The minimum absolute atomic E-state index is 0.0436. The highest BCUT2D eigenvalue weighted by molar-refractivity contribution is 5.90. The fraction of sp³-hybridized carbons (Fsp3) is 0.370. The van der Waals surface area contributed by atoms with Gasteiger partial charge < -0.3 is 19.7 Å². The SMILES string of the molecule is CCC[C@H](CC(=O)CCc1ccc(O)c(OC)c1-c1ccc2ccc(O)cc2c1)OCNC. The standard InChI is InChI=1S/C27H33NO5/c1-4-5-24(33-17-28-2)16-23(30)12-9-19-10-13-25(31)27(32-3)26(19)20-7-6-18-8-11-22(29)15-21(18)14-20/h6-8,10-11,13-15,24,28-29,31H,4-5,9,12,16-17H2,1-3H3/t24-/m1/s1. The van der Waals surface area contributed by atoms with Crippen molar-refractivity contribution in [1.29, 1.82) is 0 Å². The van der Waals surface area contributed by atoms with Gasteiger partial charge in [0.1, 0.15) is 11.5 Å². The first-order chi connectivity index (χ1) is 16.0. The van der Waals surface area contributed by atoms with E-state index < -0.39 is 0 Å². The molecule has 0 saturated heterocycles. The molecule has 3 N–H and O–H groups in total. The molecule has 176 valence electrons. The van der Waals surface area contributed by atoms with Crippen LogP contribution in [-0.4, -0.2) is 43.0 Å². The molecule has 6 heteroatoms. The molecule has 0 aromatic heterocycles. The van der Waals surface area contributed by atoms with E-state index in [4.69, 9.17) is 9.47 Å².